The van der Waals surface area contributed by atoms with Crippen LogP contribution in [0.5, 0.6) is 11.5 Å². The number of amides is 2. The number of carboxylic acid groups (broad SMARTS) is 1. The highest BCUT2D eigenvalue weighted by atomic mass is 16.5. The molecular formula is C41H41N3O8. The van der Waals surface area contributed by atoms with Gasteiger partial charge in [-0.05, 0) is 64.2 Å². The van der Waals surface area contributed by atoms with Gasteiger partial charge in [-0.1, -0.05) is 84.9 Å². The number of hydrogen-bond acceptors (Lipinski definition) is 8. The Balaban J connectivity index is 1.25. The minimum Gasteiger partial charge on any atom is -0.497 e. The number of aromatic nitrogens is 1. The topological polar surface area (TPSA) is 145 Å². The van der Waals surface area contributed by atoms with Crippen molar-refractivity contribution in [2.45, 2.75) is 44.7 Å². The van der Waals surface area contributed by atoms with Crippen molar-refractivity contribution in [1.82, 2.24) is 15.6 Å². The summed E-state index contributed by atoms with van der Waals surface area (Å²) in [6.07, 6.45) is -0.512. The summed E-state index contributed by atoms with van der Waals surface area (Å²) in [6.45, 7) is 0.605. The Labute approximate surface area is 302 Å². The van der Waals surface area contributed by atoms with Gasteiger partial charge >= 0.3 is 18.0 Å². The van der Waals surface area contributed by atoms with Crippen molar-refractivity contribution in [2.24, 2.45) is 0 Å². The van der Waals surface area contributed by atoms with E-state index in [4.69, 9.17) is 24.1 Å². The van der Waals surface area contributed by atoms with Gasteiger partial charge in [0, 0.05) is 6.54 Å². The monoisotopic (exact) mass is 703 g/mol. The summed E-state index contributed by atoms with van der Waals surface area (Å²) < 4.78 is 23.0. The Morgan fingerprint density at radius 1 is 0.635 bits per heavy atom. The zero-order valence-electron chi connectivity index (χ0n) is 29.0. The van der Waals surface area contributed by atoms with Gasteiger partial charge in [0.15, 0.2) is 0 Å². The van der Waals surface area contributed by atoms with Gasteiger partial charge in [0.1, 0.15) is 23.7 Å². The van der Waals surface area contributed by atoms with Crippen molar-refractivity contribution >= 4 is 18.0 Å². The molecule has 2 amide bonds. The minimum absolute atomic E-state index is 0.0921. The van der Waals surface area contributed by atoms with E-state index in [0.29, 0.717) is 11.4 Å². The first-order chi connectivity index (χ1) is 25.3. The van der Waals surface area contributed by atoms with Crippen LogP contribution in [0.15, 0.2) is 121 Å². The summed E-state index contributed by atoms with van der Waals surface area (Å²) in [6, 6.07) is 38.5. The molecule has 11 nitrogen and oxygen atoms in total. The normalized spacial score (nSPS) is 11.0. The van der Waals surface area contributed by atoms with Crippen LogP contribution in [0.3, 0.4) is 0 Å². The largest absolute Gasteiger partial charge is 0.497 e. The number of urea groups is 1. The molecule has 0 aliphatic heterocycles. The predicted octanol–water partition coefficient (Wildman–Crippen LogP) is 6.51. The number of esters is 1. The fourth-order valence-corrected chi connectivity index (χ4v) is 5.65. The number of hydrogen-bond donors (Lipinski definition) is 3. The average molecular weight is 704 g/mol. The number of carbonyl (C=O) groups excluding carboxylic acids is 2. The third-order valence-electron chi connectivity index (χ3n) is 8.29. The molecule has 0 aliphatic rings. The molecule has 0 radical (unpaired) electrons. The van der Waals surface area contributed by atoms with Crippen molar-refractivity contribution in [3.05, 3.63) is 161 Å². The lowest BCUT2D eigenvalue weighted by atomic mass is 9.80. The van der Waals surface area contributed by atoms with Gasteiger partial charge in [0.25, 0.3) is 0 Å². The maximum absolute atomic E-state index is 12.7. The van der Waals surface area contributed by atoms with Gasteiger partial charge in [-0.3, -0.25) is 14.6 Å². The summed E-state index contributed by atoms with van der Waals surface area (Å²) in [7, 11) is 3.28. The van der Waals surface area contributed by atoms with Crippen LogP contribution in [0.2, 0.25) is 0 Å². The highest BCUT2D eigenvalue weighted by molar-refractivity contribution is 5.76. The molecule has 11 heteroatoms. The quantitative estimate of drug-likeness (QED) is 0.0729. The molecule has 0 saturated carbocycles. The van der Waals surface area contributed by atoms with Gasteiger partial charge in [-0.2, -0.15) is 0 Å². The number of rotatable bonds is 17. The standard InChI is InChI=1S/C41H41N3O8/c1-49-36-18-14-32(15-19-36)41(31-10-4-3-5-11-31,33-16-20-37(50-2)21-17-33)52-27-30-9-6-8-29(24-30)25-42-40(48)43-26-34-12-7-13-35(44-34)28-51-39(47)23-22-38(45)46/h3-21,24H,22-23,25-28H2,1-2H3,(H,45,46)(H2,42,43,48). The lowest BCUT2D eigenvalue weighted by Gasteiger charge is -2.36. The van der Waals surface area contributed by atoms with Crippen molar-refractivity contribution < 1.29 is 38.4 Å². The number of aliphatic carboxylic acids is 1. The lowest BCUT2D eigenvalue weighted by Crippen LogP contribution is -2.34. The van der Waals surface area contributed by atoms with Crippen molar-refractivity contribution in [2.75, 3.05) is 14.2 Å². The van der Waals surface area contributed by atoms with Gasteiger partial charge in [0.05, 0.1) is 51.6 Å². The highest BCUT2D eigenvalue weighted by Crippen LogP contribution is 2.42. The Hall–Kier alpha value is -6.20. The SMILES string of the molecule is COc1ccc(C(OCc2cccc(CNC(=O)NCc3cccc(COC(=O)CCC(=O)O)n3)c2)(c2ccccc2)c2ccc(OC)cc2)cc1. The molecule has 0 bridgehead atoms. The molecule has 5 aromatic rings. The van der Waals surface area contributed by atoms with Crippen LogP contribution >= 0.6 is 0 Å². The van der Waals surface area contributed by atoms with Crippen molar-refractivity contribution in [3.63, 3.8) is 0 Å². The summed E-state index contributed by atoms with van der Waals surface area (Å²) in [5, 5.41) is 14.4. The van der Waals surface area contributed by atoms with Crippen LogP contribution in [0.1, 0.15) is 52.0 Å². The van der Waals surface area contributed by atoms with E-state index in [2.05, 4.69) is 27.8 Å². The second-order valence-corrected chi connectivity index (χ2v) is 11.8. The molecule has 0 unspecified atom stereocenters. The maximum Gasteiger partial charge on any atom is 0.315 e. The van der Waals surface area contributed by atoms with Gasteiger partial charge in [-0.15, -0.1) is 0 Å². The Morgan fingerprint density at radius 2 is 1.21 bits per heavy atom. The van der Waals surface area contributed by atoms with Gasteiger partial charge < -0.3 is 34.7 Å². The van der Waals surface area contributed by atoms with Gasteiger partial charge in [0.2, 0.25) is 0 Å². The van der Waals surface area contributed by atoms with E-state index in [0.717, 1.165) is 39.3 Å². The Kier molecular flexibility index (Phi) is 12.9. The molecule has 0 spiro atoms. The first-order valence-electron chi connectivity index (χ1n) is 16.7. The van der Waals surface area contributed by atoms with Gasteiger partial charge in [-0.25, -0.2) is 4.79 Å². The first kappa shape index (κ1) is 37.1. The molecule has 5 rings (SSSR count). The number of nitrogens with zero attached hydrogens (tertiary/aromatic N) is 1. The van der Waals surface area contributed by atoms with Crippen LogP contribution in [0, 0.1) is 0 Å². The van der Waals surface area contributed by atoms with Crippen LogP contribution in [0.4, 0.5) is 4.79 Å². The zero-order valence-corrected chi connectivity index (χ0v) is 29.0. The molecule has 0 aliphatic carbocycles. The molecule has 0 saturated heterocycles. The van der Waals surface area contributed by atoms with E-state index in [1.165, 1.54) is 0 Å². The third kappa shape index (κ3) is 9.95. The molecule has 1 aromatic heterocycles. The van der Waals surface area contributed by atoms with E-state index in [1.807, 2.05) is 91.0 Å². The van der Waals surface area contributed by atoms with Crippen molar-refractivity contribution in [1.29, 1.82) is 0 Å². The van der Waals surface area contributed by atoms with Crippen LogP contribution in [-0.2, 0) is 51.0 Å². The summed E-state index contributed by atoms with van der Waals surface area (Å²) in [4.78, 5) is 39.5. The molecular weight excluding hydrogens is 662 g/mol. The van der Waals surface area contributed by atoms with E-state index in [1.54, 1.807) is 32.4 Å². The molecule has 0 fully saturated rings. The molecule has 52 heavy (non-hydrogen) atoms. The Bertz CT molecular complexity index is 1890. The zero-order chi connectivity index (χ0) is 36.8. The second kappa shape index (κ2) is 18.2. The van der Waals surface area contributed by atoms with Crippen LogP contribution < -0.4 is 20.1 Å². The molecule has 268 valence electrons. The Morgan fingerprint density at radius 3 is 1.85 bits per heavy atom. The average Bonchev–Trinajstić information content (AvgIpc) is 3.19. The van der Waals surface area contributed by atoms with E-state index >= 15 is 0 Å². The summed E-state index contributed by atoms with van der Waals surface area (Å²) in [5.41, 5.74) is 4.71. The predicted molar refractivity (Wildman–Crippen MR) is 194 cm³/mol. The number of methoxy groups -OCH3 is 2. The summed E-state index contributed by atoms with van der Waals surface area (Å²) >= 11 is 0. The maximum atomic E-state index is 12.7. The number of ether oxygens (including phenoxy) is 4. The smallest absolute Gasteiger partial charge is 0.315 e. The van der Waals surface area contributed by atoms with Crippen molar-refractivity contribution in [3.8, 4) is 11.5 Å². The molecule has 0 atom stereocenters. The lowest BCUT2D eigenvalue weighted by molar-refractivity contribution is -0.148. The number of carboxylic acids is 1. The number of pyridine rings is 1. The minimum atomic E-state index is -1.07. The van der Waals surface area contributed by atoms with E-state index in [9.17, 15) is 14.4 Å². The second-order valence-electron chi connectivity index (χ2n) is 11.8. The van der Waals surface area contributed by atoms with Crippen LogP contribution in [-0.4, -0.2) is 42.3 Å². The molecule has 4 aromatic carbocycles. The number of nitrogens with one attached hydrogen (secondary N) is 2. The summed E-state index contributed by atoms with van der Waals surface area (Å²) in [5.74, 6) is -0.209. The van der Waals surface area contributed by atoms with E-state index in [-0.39, 0.29) is 45.2 Å². The highest BCUT2D eigenvalue weighted by Gasteiger charge is 2.38. The van der Waals surface area contributed by atoms with E-state index < -0.39 is 17.5 Å². The fraction of sp³-hybridized carbons (Fsp3) is 0.220. The molecule has 3 N–H and O–H groups in total. The number of carbonyl (C=O) groups is 3. The first-order valence-corrected chi connectivity index (χ1v) is 16.7. The number of benzene rings is 4. The van der Waals surface area contributed by atoms with Crippen LogP contribution in [0.25, 0.3) is 0 Å². The fourth-order valence-electron chi connectivity index (χ4n) is 5.65. The third-order valence-corrected chi connectivity index (χ3v) is 8.29. The molecule has 1 heterocycles.